The van der Waals surface area contributed by atoms with Gasteiger partial charge < -0.3 is 5.32 Å². The summed E-state index contributed by atoms with van der Waals surface area (Å²) in [4.78, 5) is 0. The van der Waals surface area contributed by atoms with Crippen molar-refractivity contribution >= 4 is 31.6 Å². The molecule has 18 heavy (non-hydrogen) atoms. The normalized spacial score (nSPS) is 11.5. The van der Waals surface area contributed by atoms with Crippen LogP contribution in [0.25, 0.3) is 0 Å². The second-order valence-electron chi connectivity index (χ2n) is 4.21. The van der Waals surface area contributed by atoms with Gasteiger partial charge in [0.15, 0.2) is 0 Å². The van der Waals surface area contributed by atoms with Gasteiger partial charge in [0.25, 0.3) is 0 Å². The Morgan fingerprint density at radius 1 is 1.28 bits per heavy atom. The largest absolute Gasteiger partial charge is 0.320 e. The molecule has 0 atom stereocenters. The van der Waals surface area contributed by atoms with Crippen molar-refractivity contribution in [2.75, 3.05) is 24.1 Å². The Bertz CT molecular complexity index is 489. The molecule has 102 valence electrons. The Morgan fingerprint density at radius 2 is 2.00 bits per heavy atom. The minimum Gasteiger partial charge on any atom is -0.320 e. The molecule has 0 aliphatic rings. The number of aryl methyl sites for hydroxylation is 1. The van der Waals surface area contributed by atoms with Crippen LogP contribution in [0.1, 0.15) is 18.4 Å². The number of halogens is 1. The van der Waals surface area contributed by atoms with Crippen molar-refractivity contribution in [3.05, 3.63) is 28.2 Å². The predicted octanol–water partition coefficient (Wildman–Crippen LogP) is 2.50. The molecule has 0 spiro atoms. The first-order valence-corrected chi connectivity index (χ1v) is 8.30. The lowest BCUT2D eigenvalue weighted by Gasteiger charge is -2.10. The number of anilines is 1. The second-order valence-corrected chi connectivity index (χ2v) is 6.91. The fourth-order valence-corrected chi connectivity index (χ4v) is 3.20. The van der Waals surface area contributed by atoms with Crippen LogP contribution in [0.15, 0.2) is 22.7 Å². The van der Waals surface area contributed by atoms with Gasteiger partial charge in [0.1, 0.15) is 0 Å². The number of rotatable bonds is 7. The molecule has 6 heteroatoms. The number of hydrogen-bond acceptors (Lipinski definition) is 3. The molecule has 0 amide bonds. The standard InChI is InChI=1S/C12H19BrN2O2S/c1-10-5-6-11(13)12(9-10)15-18(16,17)8-4-3-7-14-2/h5-6,9,14-15H,3-4,7-8H2,1-2H3. The van der Waals surface area contributed by atoms with Crippen LogP contribution in [0.2, 0.25) is 0 Å². The summed E-state index contributed by atoms with van der Waals surface area (Å²) < 4.78 is 27.1. The SMILES string of the molecule is CNCCCCS(=O)(=O)Nc1cc(C)ccc1Br. The molecule has 0 radical (unpaired) electrons. The average Bonchev–Trinajstić information content (AvgIpc) is 2.29. The van der Waals surface area contributed by atoms with Crippen LogP contribution >= 0.6 is 15.9 Å². The zero-order chi connectivity index (χ0) is 13.6. The summed E-state index contributed by atoms with van der Waals surface area (Å²) in [5.74, 6) is 0.148. The van der Waals surface area contributed by atoms with Crippen molar-refractivity contribution in [2.24, 2.45) is 0 Å². The van der Waals surface area contributed by atoms with E-state index in [0.717, 1.165) is 23.0 Å². The van der Waals surface area contributed by atoms with Crippen LogP contribution in [-0.4, -0.2) is 27.8 Å². The second kappa shape index (κ2) is 7.11. The van der Waals surface area contributed by atoms with Crippen LogP contribution in [0.3, 0.4) is 0 Å². The lowest BCUT2D eigenvalue weighted by molar-refractivity contribution is 0.595. The third-order valence-electron chi connectivity index (χ3n) is 2.48. The Hall–Kier alpha value is -0.590. The molecule has 1 aromatic rings. The molecule has 1 rings (SSSR count). The van der Waals surface area contributed by atoms with Gasteiger partial charge in [-0.15, -0.1) is 0 Å². The van der Waals surface area contributed by atoms with E-state index in [1.807, 2.05) is 32.2 Å². The first-order valence-electron chi connectivity index (χ1n) is 5.86. The van der Waals surface area contributed by atoms with Crippen LogP contribution in [0.5, 0.6) is 0 Å². The molecule has 0 saturated heterocycles. The number of hydrogen-bond donors (Lipinski definition) is 2. The smallest absolute Gasteiger partial charge is 0.232 e. The predicted molar refractivity (Wildman–Crippen MR) is 79.4 cm³/mol. The average molecular weight is 335 g/mol. The van der Waals surface area contributed by atoms with E-state index in [-0.39, 0.29) is 5.75 Å². The molecule has 0 heterocycles. The topological polar surface area (TPSA) is 58.2 Å². The van der Waals surface area contributed by atoms with E-state index < -0.39 is 10.0 Å². The quantitative estimate of drug-likeness (QED) is 0.753. The maximum atomic E-state index is 11.9. The van der Waals surface area contributed by atoms with Crippen LogP contribution < -0.4 is 10.0 Å². The van der Waals surface area contributed by atoms with E-state index in [0.29, 0.717) is 12.1 Å². The van der Waals surface area contributed by atoms with E-state index in [1.54, 1.807) is 0 Å². The van der Waals surface area contributed by atoms with Crippen molar-refractivity contribution in [2.45, 2.75) is 19.8 Å². The molecule has 0 bridgehead atoms. The third kappa shape index (κ3) is 5.37. The van der Waals surface area contributed by atoms with Gasteiger partial charge in [-0.3, -0.25) is 4.72 Å². The van der Waals surface area contributed by atoms with Gasteiger partial charge in [0.05, 0.1) is 11.4 Å². The number of unbranched alkanes of at least 4 members (excludes halogenated alkanes) is 1. The summed E-state index contributed by atoms with van der Waals surface area (Å²) >= 11 is 3.34. The third-order valence-corrected chi connectivity index (χ3v) is 4.53. The fourth-order valence-electron chi connectivity index (χ4n) is 1.53. The number of sulfonamides is 1. The van der Waals surface area contributed by atoms with Crippen molar-refractivity contribution in [1.29, 1.82) is 0 Å². The maximum absolute atomic E-state index is 11.9. The highest BCUT2D eigenvalue weighted by Crippen LogP contribution is 2.24. The number of nitrogens with one attached hydrogen (secondary N) is 2. The molecule has 1 aromatic carbocycles. The molecule has 0 aromatic heterocycles. The van der Waals surface area contributed by atoms with Crippen LogP contribution in [0, 0.1) is 6.92 Å². The van der Waals surface area contributed by atoms with Gasteiger partial charge in [-0.2, -0.15) is 0 Å². The van der Waals surface area contributed by atoms with Crippen LogP contribution in [0.4, 0.5) is 5.69 Å². The molecule has 0 aliphatic carbocycles. The highest BCUT2D eigenvalue weighted by Gasteiger charge is 2.11. The van der Waals surface area contributed by atoms with Gasteiger partial charge in [-0.1, -0.05) is 6.07 Å². The first kappa shape index (κ1) is 15.5. The summed E-state index contributed by atoms with van der Waals surface area (Å²) in [6, 6.07) is 5.58. The summed E-state index contributed by atoms with van der Waals surface area (Å²) in [5.41, 5.74) is 1.62. The summed E-state index contributed by atoms with van der Waals surface area (Å²) in [6.45, 7) is 2.76. The van der Waals surface area contributed by atoms with E-state index in [1.165, 1.54) is 0 Å². The summed E-state index contributed by atoms with van der Waals surface area (Å²) in [7, 11) is -1.40. The number of benzene rings is 1. The van der Waals surface area contributed by atoms with E-state index >= 15 is 0 Å². The monoisotopic (exact) mass is 334 g/mol. The zero-order valence-corrected chi connectivity index (χ0v) is 13.1. The minimum atomic E-state index is -3.26. The van der Waals surface area contributed by atoms with Gasteiger partial charge in [-0.25, -0.2) is 8.42 Å². The zero-order valence-electron chi connectivity index (χ0n) is 10.7. The Kier molecular flexibility index (Phi) is 6.11. The van der Waals surface area contributed by atoms with Gasteiger partial charge >= 0.3 is 0 Å². The fraction of sp³-hybridized carbons (Fsp3) is 0.500. The highest BCUT2D eigenvalue weighted by atomic mass is 79.9. The Labute approximate surface area is 117 Å². The molecule has 4 nitrogen and oxygen atoms in total. The van der Waals surface area contributed by atoms with E-state index in [9.17, 15) is 8.42 Å². The molecule has 0 saturated carbocycles. The minimum absolute atomic E-state index is 0.148. The van der Waals surface area contributed by atoms with Crippen molar-refractivity contribution in [3.8, 4) is 0 Å². The van der Waals surface area contributed by atoms with Crippen molar-refractivity contribution < 1.29 is 8.42 Å². The van der Waals surface area contributed by atoms with Gasteiger partial charge in [-0.05, 0) is 67.0 Å². The summed E-state index contributed by atoms with van der Waals surface area (Å²) in [6.07, 6.45) is 1.51. The molecule has 2 N–H and O–H groups in total. The van der Waals surface area contributed by atoms with Gasteiger partial charge in [0.2, 0.25) is 10.0 Å². The molecule has 0 aliphatic heterocycles. The molecule has 0 unspecified atom stereocenters. The van der Waals surface area contributed by atoms with Crippen molar-refractivity contribution in [3.63, 3.8) is 0 Å². The first-order chi connectivity index (χ1) is 8.44. The molecular weight excluding hydrogens is 316 g/mol. The van der Waals surface area contributed by atoms with Gasteiger partial charge in [0, 0.05) is 4.47 Å². The highest BCUT2D eigenvalue weighted by molar-refractivity contribution is 9.10. The Morgan fingerprint density at radius 3 is 2.67 bits per heavy atom. The van der Waals surface area contributed by atoms with Crippen LogP contribution in [-0.2, 0) is 10.0 Å². The Balaban J connectivity index is 2.62. The molecule has 0 fully saturated rings. The summed E-state index contributed by atoms with van der Waals surface area (Å²) in [5, 5.41) is 3.00. The van der Waals surface area contributed by atoms with Crippen molar-refractivity contribution in [1.82, 2.24) is 5.32 Å². The van der Waals surface area contributed by atoms with E-state index in [2.05, 4.69) is 26.0 Å². The lowest BCUT2D eigenvalue weighted by atomic mass is 10.2. The lowest BCUT2D eigenvalue weighted by Crippen LogP contribution is -2.18. The maximum Gasteiger partial charge on any atom is 0.232 e. The molecular formula is C12H19BrN2O2S. The van der Waals surface area contributed by atoms with E-state index in [4.69, 9.17) is 0 Å².